The summed E-state index contributed by atoms with van der Waals surface area (Å²) in [6, 6.07) is 16.2. The standard InChI is InChI=1S/C21H17Cl2N5O2/c1-30-18-8-6-16(7-9-18)27-11-10-15(26-27)12-24-19-13-25-28(21(29)20(19)23)17-4-2-14(22)3-5-17/h2-11,13,24H,12H2,1H3. The van der Waals surface area contributed by atoms with E-state index in [0.717, 1.165) is 17.1 Å². The normalized spacial score (nSPS) is 10.8. The number of halogens is 2. The van der Waals surface area contributed by atoms with E-state index in [1.165, 1.54) is 10.9 Å². The van der Waals surface area contributed by atoms with Crippen molar-refractivity contribution >= 4 is 28.9 Å². The molecule has 0 bridgehead atoms. The van der Waals surface area contributed by atoms with Crippen molar-refractivity contribution in [2.75, 3.05) is 12.4 Å². The lowest BCUT2D eigenvalue weighted by Gasteiger charge is -2.09. The van der Waals surface area contributed by atoms with Gasteiger partial charge >= 0.3 is 0 Å². The molecule has 0 saturated heterocycles. The van der Waals surface area contributed by atoms with E-state index in [0.29, 0.717) is 22.9 Å². The maximum Gasteiger partial charge on any atom is 0.292 e. The van der Waals surface area contributed by atoms with Crippen LogP contribution in [0.25, 0.3) is 11.4 Å². The van der Waals surface area contributed by atoms with Crippen LogP contribution in [0.1, 0.15) is 5.69 Å². The fourth-order valence-corrected chi connectivity index (χ4v) is 3.16. The van der Waals surface area contributed by atoms with Crippen molar-refractivity contribution in [3.05, 3.63) is 93.1 Å². The number of anilines is 1. The maximum absolute atomic E-state index is 12.6. The van der Waals surface area contributed by atoms with Crippen LogP contribution in [0.3, 0.4) is 0 Å². The predicted octanol–water partition coefficient (Wildman–Crippen LogP) is 4.35. The third kappa shape index (κ3) is 4.17. The third-order valence-corrected chi connectivity index (χ3v) is 5.05. The van der Waals surface area contributed by atoms with Gasteiger partial charge in [-0.25, -0.2) is 4.68 Å². The summed E-state index contributed by atoms with van der Waals surface area (Å²) in [5.74, 6) is 0.781. The quantitative estimate of drug-likeness (QED) is 0.481. The number of hydrogen-bond acceptors (Lipinski definition) is 5. The number of aromatic nitrogens is 4. The molecule has 0 amide bonds. The van der Waals surface area contributed by atoms with Crippen LogP contribution in [-0.2, 0) is 6.54 Å². The lowest BCUT2D eigenvalue weighted by Crippen LogP contribution is -2.22. The Labute approximate surface area is 182 Å². The first-order valence-corrected chi connectivity index (χ1v) is 9.77. The first-order chi connectivity index (χ1) is 14.5. The molecule has 0 unspecified atom stereocenters. The molecule has 0 aliphatic carbocycles. The summed E-state index contributed by atoms with van der Waals surface area (Å²) < 4.78 is 8.15. The number of methoxy groups -OCH3 is 1. The van der Waals surface area contributed by atoms with E-state index in [1.807, 2.05) is 36.5 Å². The Hall–Kier alpha value is -3.29. The molecule has 0 atom stereocenters. The number of benzene rings is 2. The molecule has 0 fully saturated rings. The fourth-order valence-electron chi connectivity index (χ4n) is 2.84. The summed E-state index contributed by atoms with van der Waals surface area (Å²) in [6.07, 6.45) is 3.37. The van der Waals surface area contributed by atoms with Crippen LogP contribution in [0.4, 0.5) is 5.69 Å². The number of ether oxygens (including phenoxy) is 1. The summed E-state index contributed by atoms with van der Waals surface area (Å²) >= 11 is 12.2. The Kier molecular flexibility index (Phi) is 5.74. The van der Waals surface area contributed by atoms with Crippen molar-refractivity contribution < 1.29 is 4.74 Å². The van der Waals surface area contributed by atoms with Crippen molar-refractivity contribution in [1.82, 2.24) is 19.6 Å². The molecule has 1 N–H and O–H groups in total. The zero-order chi connectivity index (χ0) is 21.1. The zero-order valence-electron chi connectivity index (χ0n) is 15.9. The van der Waals surface area contributed by atoms with Gasteiger partial charge < -0.3 is 10.1 Å². The van der Waals surface area contributed by atoms with Gasteiger partial charge in [-0.3, -0.25) is 4.79 Å². The van der Waals surface area contributed by atoms with Gasteiger partial charge in [0, 0.05) is 11.2 Å². The van der Waals surface area contributed by atoms with Gasteiger partial charge in [-0.05, 0) is 54.6 Å². The van der Waals surface area contributed by atoms with E-state index in [1.54, 1.807) is 36.1 Å². The van der Waals surface area contributed by atoms with Gasteiger partial charge in [-0.15, -0.1) is 0 Å². The van der Waals surface area contributed by atoms with E-state index in [9.17, 15) is 4.79 Å². The largest absolute Gasteiger partial charge is 0.497 e. The first-order valence-electron chi connectivity index (χ1n) is 9.02. The highest BCUT2D eigenvalue weighted by Gasteiger charge is 2.11. The summed E-state index contributed by atoms with van der Waals surface area (Å²) in [5, 5.41) is 12.5. The Bertz CT molecular complexity index is 1220. The van der Waals surface area contributed by atoms with Crippen LogP contribution in [0.5, 0.6) is 5.75 Å². The number of hydrogen-bond donors (Lipinski definition) is 1. The van der Waals surface area contributed by atoms with E-state index in [-0.39, 0.29) is 5.02 Å². The van der Waals surface area contributed by atoms with Crippen LogP contribution in [0.15, 0.2) is 71.8 Å². The highest BCUT2D eigenvalue weighted by molar-refractivity contribution is 6.33. The fraction of sp³-hybridized carbons (Fsp3) is 0.0952. The Morgan fingerprint density at radius 1 is 1.00 bits per heavy atom. The number of nitrogens with zero attached hydrogens (tertiary/aromatic N) is 4. The smallest absolute Gasteiger partial charge is 0.292 e. The van der Waals surface area contributed by atoms with Crippen molar-refractivity contribution in [3.63, 3.8) is 0 Å². The van der Waals surface area contributed by atoms with Gasteiger partial charge in [0.05, 0.1) is 42.6 Å². The molecule has 152 valence electrons. The second-order valence-corrected chi connectivity index (χ2v) is 7.18. The van der Waals surface area contributed by atoms with Gasteiger partial charge in [0.1, 0.15) is 10.8 Å². The van der Waals surface area contributed by atoms with E-state index in [2.05, 4.69) is 15.5 Å². The van der Waals surface area contributed by atoms with Crippen LogP contribution < -0.4 is 15.6 Å². The number of rotatable bonds is 6. The molecule has 0 aliphatic rings. The second-order valence-electron chi connectivity index (χ2n) is 6.37. The Morgan fingerprint density at radius 2 is 1.70 bits per heavy atom. The molecule has 9 heteroatoms. The average Bonchev–Trinajstić information content (AvgIpc) is 3.25. The average molecular weight is 442 g/mol. The van der Waals surface area contributed by atoms with Gasteiger partial charge in [0.15, 0.2) is 0 Å². The van der Waals surface area contributed by atoms with Crippen molar-refractivity contribution in [3.8, 4) is 17.1 Å². The molecule has 4 aromatic rings. The summed E-state index contributed by atoms with van der Waals surface area (Å²) in [7, 11) is 1.63. The lowest BCUT2D eigenvalue weighted by atomic mass is 10.3. The van der Waals surface area contributed by atoms with Crippen LogP contribution >= 0.6 is 23.2 Å². The summed E-state index contributed by atoms with van der Waals surface area (Å²) in [4.78, 5) is 12.6. The lowest BCUT2D eigenvalue weighted by molar-refractivity contribution is 0.414. The van der Waals surface area contributed by atoms with Crippen LogP contribution in [0, 0.1) is 0 Å². The minimum Gasteiger partial charge on any atom is -0.497 e. The van der Waals surface area contributed by atoms with Crippen molar-refractivity contribution in [1.29, 1.82) is 0 Å². The van der Waals surface area contributed by atoms with Gasteiger partial charge in [0.25, 0.3) is 5.56 Å². The molecule has 7 nitrogen and oxygen atoms in total. The molecule has 0 spiro atoms. The molecular weight excluding hydrogens is 425 g/mol. The minimum atomic E-state index is -0.423. The van der Waals surface area contributed by atoms with Gasteiger partial charge in [-0.1, -0.05) is 23.2 Å². The molecule has 30 heavy (non-hydrogen) atoms. The molecule has 0 aliphatic heterocycles. The SMILES string of the molecule is COc1ccc(-n2ccc(CNc3cnn(-c4ccc(Cl)cc4)c(=O)c3Cl)n2)cc1. The molecule has 2 aromatic heterocycles. The third-order valence-electron chi connectivity index (χ3n) is 4.43. The highest BCUT2D eigenvalue weighted by Crippen LogP contribution is 2.19. The summed E-state index contributed by atoms with van der Waals surface area (Å²) in [6.45, 7) is 0.384. The highest BCUT2D eigenvalue weighted by atomic mass is 35.5. The van der Waals surface area contributed by atoms with E-state index in [4.69, 9.17) is 27.9 Å². The Morgan fingerprint density at radius 3 is 2.40 bits per heavy atom. The predicted molar refractivity (Wildman–Crippen MR) is 117 cm³/mol. The Balaban J connectivity index is 1.49. The minimum absolute atomic E-state index is 0.0505. The molecule has 4 rings (SSSR count). The van der Waals surface area contributed by atoms with Crippen molar-refractivity contribution in [2.24, 2.45) is 0 Å². The van der Waals surface area contributed by atoms with Gasteiger partial charge in [-0.2, -0.15) is 14.9 Å². The topological polar surface area (TPSA) is 74.0 Å². The molecule has 2 heterocycles. The molecule has 2 aromatic carbocycles. The molecule has 0 radical (unpaired) electrons. The van der Waals surface area contributed by atoms with Crippen molar-refractivity contribution in [2.45, 2.75) is 6.54 Å². The number of nitrogens with one attached hydrogen (secondary N) is 1. The monoisotopic (exact) mass is 441 g/mol. The van der Waals surface area contributed by atoms with E-state index < -0.39 is 5.56 Å². The van der Waals surface area contributed by atoms with E-state index >= 15 is 0 Å². The first kappa shape index (κ1) is 20.0. The van der Waals surface area contributed by atoms with Gasteiger partial charge in [0.2, 0.25) is 0 Å². The zero-order valence-corrected chi connectivity index (χ0v) is 17.4. The van der Waals surface area contributed by atoms with Crippen LogP contribution in [0.2, 0.25) is 10.0 Å². The molecular formula is C21H17Cl2N5O2. The van der Waals surface area contributed by atoms with Crippen LogP contribution in [-0.4, -0.2) is 26.7 Å². The molecule has 0 saturated carbocycles. The maximum atomic E-state index is 12.6. The second kappa shape index (κ2) is 8.61. The summed E-state index contributed by atoms with van der Waals surface area (Å²) in [5.41, 5.74) is 2.28.